The number of nitrogens with one attached hydrogen (secondary N) is 2. The molecule has 0 saturated heterocycles. The Morgan fingerprint density at radius 1 is 1.15 bits per heavy atom. The molecule has 2 heterocycles. The number of aromatic nitrogens is 1. The van der Waals surface area contributed by atoms with E-state index in [1.165, 1.54) is 0 Å². The second-order valence-electron chi connectivity index (χ2n) is 8.24. The number of nitrogens with zero attached hydrogens (tertiary/aromatic N) is 1. The van der Waals surface area contributed by atoms with Crippen LogP contribution in [0.25, 0.3) is 22.6 Å². The van der Waals surface area contributed by atoms with Crippen LogP contribution < -0.4 is 10.6 Å². The van der Waals surface area contributed by atoms with Crippen molar-refractivity contribution in [3.8, 4) is 0 Å². The molecule has 4 rings (SSSR count). The van der Waals surface area contributed by atoms with E-state index in [0.717, 1.165) is 28.1 Å². The molecule has 2 N–H and O–H groups in total. The van der Waals surface area contributed by atoms with Gasteiger partial charge in [0.2, 0.25) is 0 Å². The molecule has 0 unspecified atom stereocenters. The molecule has 3 aromatic rings. The van der Waals surface area contributed by atoms with Gasteiger partial charge in [-0.3, -0.25) is 10.1 Å². The number of rotatable bonds is 6. The Bertz CT molecular complexity index is 1230. The van der Waals surface area contributed by atoms with Crippen molar-refractivity contribution in [3.63, 3.8) is 0 Å². The van der Waals surface area contributed by atoms with E-state index >= 15 is 0 Å². The number of benzene rings is 1. The summed E-state index contributed by atoms with van der Waals surface area (Å²) in [4.78, 5) is 42.9. The van der Waals surface area contributed by atoms with Crippen LogP contribution in [0.3, 0.4) is 0 Å². The summed E-state index contributed by atoms with van der Waals surface area (Å²) in [7, 11) is 0. The summed E-state index contributed by atoms with van der Waals surface area (Å²) in [6.45, 7) is 3.79. The predicted molar refractivity (Wildman–Crippen MR) is 129 cm³/mol. The van der Waals surface area contributed by atoms with Crippen LogP contribution in [0.4, 0.5) is 4.79 Å². The Labute approximate surface area is 195 Å². The summed E-state index contributed by atoms with van der Waals surface area (Å²) in [5, 5.41) is 7.47. The molecule has 0 spiro atoms. The van der Waals surface area contributed by atoms with Crippen molar-refractivity contribution in [2.75, 3.05) is 13.2 Å². The van der Waals surface area contributed by atoms with Crippen LogP contribution in [0, 0.1) is 5.92 Å². The Balaban J connectivity index is 1.56. The van der Waals surface area contributed by atoms with Gasteiger partial charge in [-0.05, 0) is 53.5 Å². The average Bonchev–Trinajstić information content (AvgIpc) is 3.45. The number of hydrogen-bond donors (Lipinski definition) is 2. The molecule has 0 fully saturated rings. The van der Waals surface area contributed by atoms with Crippen LogP contribution >= 0.6 is 11.3 Å². The van der Waals surface area contributed by atoms with Crippen molar-refractivity contribution >= 4 is 51.8 Å². The highest BCUT2D eigenvalue weighted by atomic mass is 32.1. The van der Waals surface area contributed by atoms with Crippen LogP contribution in [0.1, 0.15) is 46.8 Å². The fraction of sp³-hybridized carbons (Fsp3) is 0.280. The fourth-order valence-electron chi connectivity index (χ4n) is 3.76. The number of ether oxygens (including phenoxy) is 1. The molecule has 0 radical (unpaired) electrons. The fourth-order valence-corrected chi connectivity index (χ4v) is 4.45. The number of urea groups is 1. The van der Waals surface area contributed by atoms with E-state index in [4.69, 9.17) is 9.72 Å². The maximum Gasteiger partial charge on any atom is 0.339 e. The van der Waals surface area contributed by atoms with E-state index in [9.17, 15) is 14.4 Å². The number of hydrogen-bond acceptors (Lipinski definition) is 6. The number of carbonyl (C=O) groups is 3. The van der Waals surface area contributed by atoms with E-state index in [2.05, 4.69) is 16.7 Å². The maximum atomic E-state index is 13.1. The number of carbonyl (C=O) groups excluding carboxylic acids is 3. The van der Waals surface area contributed by atoms with Gasteiger partial charge in [-0.2, -0.15) is 0 Å². The Morgan fingerprint density at radius 3 is 2.73 bits per heavy atom. The van der Waals surface area contributed by atoms with Gasteiger partial charge in [0, 0.05) is 16.8 Å². The molecule has 1 aliphatic rings. The number of fused-ring (bicyclic) bond motifs is 2. The van der Waals surface area contributed by atoms with Crippen LogP contribution in [-0.4, -0.2) is 36.0 Å². The SMILES string of the molecule is CC(C)CNC(=O)NC(=O)COC(=O)c1c2c(nc3ccccc13)C(=Cc1cccs1)CC2. The van der Waals surface area contributed by atoms with Gasteiger partial charge in [-0.25, -0.2) is 14.6 Å². The summed E-state index contributed by atoms with van der Waals surface area (Å²) in [6, 6.07) is 10.8. The number of amides is 3. The zero-order chi connectivity index (χ0) is 23.4. The lowest BCUT2D eigenvalue weighted by Gasteiger charge is -2.12. The number of thiophene rings is 1. The summed E-state index contributed by atoms with van der Waals surface area (Å²) in [6.07, 6.45) is 3.54. The highest BCUT2D eigenvalue weighted by molar-refractivity contribution is 7.10. The maximum absolute atomic E-state index is 13.1. The van der Waals surface area contributed by atoms with E-state index in [1.807, 2.05) is 55.6 Å². The molecule has 33 heavy (non-hydrogen) atoms. The van der Waals surface area contributed by atoms with Crippen LogP contribution in [0.5, 0.6) is 0 Å². The lowest BCUT2D eigenvalue weighted by Crippen LogP contribution is -2.42. The first-order valence-electron chi connectivity index (χ1n) is 10.8. The minimum atomic E-state index is -0.683. The Morgan fingerprint density at radius 2 is 1.97 bits per heavy atom. The minimum Gasteiger partial charge on any atom is -0.452 e. The van der Waals surface area contributed by atoms with Gasteiger partial charge in [-0.15, -0.1) is 11.3 Å². The topological polar surface area (TPSA) is 97.4 Å². The Hall–Kier alpha value is -3.52. The summed E-state index contributed by atoms with van der Waals surface area (Å²) < 4.78 is 5.31. The van der Waals surface area contributed by atoms with Gasteiger partial charge < -0.3 is 10.1 Å². The van der Waals surface area contributed by atoms with Gasteiger partial charge in [0.1, 0.15) is 0 Å². The monoisotopic (exact) mass is 463 g/mol. The lowest BCUT2D eigenvalue weighted by molar-refractivity contribution is -0.123. The van der Waals surface area contributed by atoms with Crippen molar-refractivity contribution in [1.29, 1.82) is 0 Å². The molecule has 0 aliphatic heterocycles. The highest BCUT2D eigenvalue weighted by Gasteiger charge is 2.28. The average molecular weight is 464 g/mol. The number of para-hydroxylation sites is 1. The molecule has 8 heteroatoms. The zero-order valence-corrected chi connectivity index (χ0v) is 19.3. The molecular weight excluding hydrogens is 438 g/mol. The van der Waals surface area contributed by atoms with Gasteiger partial charge in [0.25, 0.3) is 5.91 Å². The second kappa shape index (κ2) is 9.95. The number of pyridine rings is 1. The molecule has 7 nitrogen and oxygen atoms in total. The third kappa shape index (κ3) is 5.28. The van der Waals surface area contributed by atoms with Crippen LogP contribution in [-0.2, 0) is 16.0 Å². The molecule has 2 aromatic heterocycles. The van der Waals surface area contributed by atoms with Crippen LogP contribution in [0.15, 0.2) is 41.8 Å². The van der Waals surface area contributed by atoms with Gasteiger partial charge in [0.15, 0.2) is 6.61 Å². The van der Waals surface area contributed by atoms with Crippen molar-refractivity contribution < 1.29 is 19.1 Å². The highest BCUT2D eigenvalue weighted by Crippen LogP contribution is 2.38. The normalized spacial score (nSPS) is 13.8. The minimum absolute atomic E-state index is 0.254. The van der Waals surface area contributed by atoms with Crippen molar-refractivity contribution in [3.05, 3.63) is 63.5 Å². The molecule has 1 aromatic carbocycles. The molecule has 0 atom stereocenters. The lowest BCUT2D eigenvalue weighted by atomic mass is 10.0. The Kier molecular flexibility index (Phi) is 6.84. The van der Waals surface area contributed by atoms with Gasteiger partial charge >= 0.3 is 12.0 Å². The number of allylic oxidation sites excluding steroid dienone is 1. The summed E-state index contributed by atoms with van der Waals surface area (Å²) in [5.41, 5.74) is 3.83. The van der Waals surface area contributed by atoms with E-state index in [0.29, 0.717) is 29.4 Å². The molecule has 1 aliphatic carbocycles. The van der Waals surface area contributed by atoms with Crippen molar-refractivity contribution in [2.45, 2.75) is 26.7 Å². The van der Waals surface area contributed by atoms with E-state index in [-0.39, 0.29) is 5.92 Å². The second-order valence-corrected chi connectivity index (χ2v) is 9.22. The first-order valence-corrected chi connectivity index (χ1v) is 11.7. The van der Waals surface area contributed by atoms with Crippen molar-refractivity contribution in [2.24, 2.45) is 5.92 Å². The number of imide groups is 1. The zero-order valence-electron chi connectivity index (χ0n) is 18.5. The van der Waals surface area contributed by atoms with Crippen molar-refractivity contribution in [1.82, 2.24) is 15.6 Å². The third-order valence-electron chi connectivity index (χ3n) is 5.26. The molecule has 3 amide bonds. The molecule has 0 saturated carbocycles. The van der Waals surface area contributed by atoms with Gasteiger partial charge in [0.05, 0.1) is 16.8 Å². The summed E-state index contributed by atoms with van der Waals surface area (Å²) in [5.74, 6) is -1.03. The van der Waals surface area contributed by atoms with Gasteiger partial charge in [-0.1, -0.05) is 38.1 Å². The third-order valence-corrected chi connectivity index (χ3v) is 6.08. The molecule has 170 valence electrons. The smallest absolute Gasteiger partial charge is 0.339 e. The van der Waals surface area contributed by atoms with E-state index in [1.54, 1.807) is 11.3 Å². The first kappa shape index (κ1) is 22.7. The van der Waals surface area contributed by atoms with E-state index < -0.39 is 24.5 Å². The first-order chi connectivity index (χ1) is 15.9. The predicted octanol–water partition coefficient (Wildman–Crippen LogP) is 4.42. The number of esters is 1. The standard InChI is InChI=1S/C25H25N3O4S/c1-15(2)13-26-25(31)28-21(29)14-32-24(30)22-18-7-3-4-8-20(18)27-23-16(9-10-19(22)23)12-17-6-5-11-33-17/h3-8,11-12,15H,9-10,13-14H2,1-2H3,(H2,26,28,29,31). The van der Waals surface area contributed by atoms with Crippen LogP contribution in [0.2, 0.25) is 0 Å². The molecular formula is C25H25N3O4S. The quantitative estimate of drug-likeness (QED) is 0.528. The summed E-state index contributed by atoms with van der Waals surface area (Å²) >= 11 is 1.65. The largest absolute Gasteiger partial charge is 0.452 e. The molecule has 0 bridgehead atoms.